The number of hydrogen-bond donors (Lipinski definition) is 2. The van der Waals surface area contributed by atoms with E-state index in [1.54, 1.807) is 0 Å². The minimum atomic E-state index is -0.316. The largest absolute Gasteiger partial charge is 0.354 e. The Labute approximate surface area is 130 Å². The number of nitrogens with one attached hydrogen (secondary N) is 2. The van der Waals surface area contributed by atoms with Crippen molar-refractivity contribution in [3.63, 3.8) is 0 Å². The lowest BCUT2D eigenvalue weighted by Gasteiger charge is -2.28. The molecule has 1 amide bonds. The van der Waals surface area contributed by atoms with Gasteiger partial charge in [-0.05, 0) is 37.1 Å². The lowest BCUT2D eigenvalue weighted by Crippen LogP contribution is -2.45. The van der Waals surface area contributed by atoms with Crippen molar-refractivity contribution in [3.05, 3.63) is 33.8 Å². The minimum Gasteiger partial charge on any atom is -0.354 e. The fraction of sp³-hybridized carbons (Fsp3) is 0.533. The predicted octanol–water partition coefficient (Wildman–Crippen LogP) is 3.14. The summed E-state index contributed by atoms with van der Waals surface area (Å²) >= 11 is 12.5. The third-order valence-corrected chi connectivity index (χ3v) is 4.35. The van der Waals surface area contributed by atoms with Gasteiger partial charge in [-0.25, -0.2) is 0 Å². The maximum atomic E-state index is 12.1. The Morgan fingerprint density at radius 1 is 1.40 bits per heavy atom. The summed E-state index contributed by atoms with van der Waals surface area (Å²) < 4.78 is 0. The highest BCUT2D eigenvalue weighted by Gasteiger charge is 2.28. The first-order valence-corrected chi connectivity index (χ1v) is 7.63. The van der Waals surface area contributed by atoms with Gasteiger partial charge in [0, 0.05) is 22.0 Å². The second-order valence-electron chi connectivity index (χ2n) is 5.85. The van der Waals surface area contributed by atoms with Crippen molar-refractivity contribution in [1.82, 2.24) is 10.6 Å². The normalized spacial score (nSPS) is 19.1. The number of halogens is 2. The fourth-order valence-corrected chi connectivity index (χ4v) is 3.48. The SMILES string of the molecule is CC(C)(CNC(=O)C1CCCN1)c1c(Cl)cccc1Cl. The summed E-state index contributed by atoms with van der Waals surface area (Å²) in [5, 5.41) is 7.46. The molecule has 1 unspecified atom stereocenters. The van der Waals surface area contributed by atoms with Crippen LogP contribution in [-0.2, 0) is 10.2 Å². The van der Waals surface area contributed by atoms with E-state index >= 15 is 0 Å². The van der Waals surface area contributed by atoms with Crippen molar-refractivity contribution in [2.45, 2.75) is 38.1 Å². The number of rotatable bonds is 4. The molecule has 1 aromatic carbocycles. The van der Waals surface area contributed by atoms with Gasteiger partial charge >= 0.3 is 0 Å². The van der Waals surface area contributed by atoms with Gasteiger partial charge in [-0.3, -0.25) is 4.79 Å². The average Bonchev–Trinajstić information content (AvgIpc) is 2.89. The molecule has 0 aliphatic carbocycles. The maximum absolute atomic E-state index is 12.1. The Hall–Kier alpha value is -0.770. The highest BCUT2D eigenvalue weighted by Crippen LogP contribution is 2.35. The quantitative estimate of drug-likeness (QED) is 0.896. The third kappa shape index (κ3) is 3.46. The molecular weight excluding hydrogens is 295 g/mol. The summed E-state index contributed by atoms with van der Waals surface area (Å²) in [5.41, 5.74) is 0.562. The van der Waals surface area contributed by atoms with Gasteiger partial charge in [0.1, 0.15) is 0 Å². The molecule has 0 saturated carbocycles. The molecule has 1 atom stereocenters. The van der Waals surface area contributed by atoms with Crippen LogP contribution in [0.4, 0.5) is 0 Å². The van der Waals surface area contributed by atoms with E-state index in [9.17, 15) is 4.79 Å². The van der Waals surface area contributed by atoms with Gasteiger partial charge in [0.25, 0.3) is 0 Å². The number of amides is 1. The summed E-state index contributed by atoms with van der Waals surface area (Å²) in [7, 11) is 0. The van der Waals surface area contributed by atoms with Crippen molar-refractivity contribution in [1.29, 1.82) is 0 Å². The van der Waals surface area contributed by atoms with E-state index in [0.29, 0.717) is 16.6 Å². The highest BCUT2D eigenvalue weighted by molar-refractivity contribution is 6.36. The molecule has 0 spiro atoms. The van der Waals surface area contributed by atoms with E-state index in [-0.39, 0.29) is 17.4 Å². The Balaban J connectivity index is 2.05. The van der Waals surface area contributed by atoms with Crippen LogP contribution in [0.15, 0.2) is 18.2 Å². The number of hydrogen-bond acceptors (Lipinski definition) is 2. The van der Waals surface area contributed by atoms with Crippen molar-refractivity contribution in [3.8, 4) is 0 Å². The van der Waals surface area contributed by atoms with Gasteiger partial charge in [-0.15, -0.1) is 0 Å². The topological polar surface area (TPSA) is 41.1 Å². The van der Waals surface area contributed by atoms with Crippen LogP contribution >= 0.6 is 23.2 Å². The van der Waals surface area contributed by atoms with Gasteiger partial charge in [0.05, 0.1) is 6.04 Å². The van der Waals surface area contributed by atoms with E-state index < -0.39 is 0 Å². The van der Waals surface area contributed by atoms with E-state index in [1.165, 1.54) is 0 Å². The van der Waals surface area contributed by atoms with Crippen LogP contribution < -0.4 is 10.6 Å². The minimum absolute atomic E-state index is 0.0544. The molecule has 1 saturated heterocycles. The monoisotopic (exact) mass is 314 g/mol. The molecular formula is C15H20Cl2N2O. The zero-order chi connectivity index (χ0) is 14.8. The van der Waals surface area contributed by atoms with Crippen molar-refractivity contribution in [2.75, 3.05) is 13.1 Å². The molecule has 2 rings (SSSR count). The zero-order valence-corrected chi connectivity index (χ0v) is 13.3. The van der Waals surface area contributed by atoms with Gasteiger partial charge < -0.3 is 10.6 Å². The number of carbonyl (C=O) groups is 1. The Morgan fingerprint density at radius 3 is 2.60 bits per heavy atom. The van der Waals surface area contributed by atoms with Gasteiger partial charge in [0.15, 0.2) is 0 Å². The summed E-state index contributed by atoms with van der Waals surface area (Å²) in [6.45, 7) is 5.48. The van der Waals surface area contributed by atoms with Crippen LogP contribution in [0, 0.1) is 0 Å². The standard InChI is InChI=1S/C15H20Cl2N2O/c1-15(2,13-10(16)5-3-6-11(13)17)9-19-14(20)12-7-4-8-18-12/h3,5-6,12,18H,4,7-9H2,1-2H3,(H,19,20). The van der Waals surface area contributed by atoms with E-state index in [4.69, 9.17) is 23.2 Å². The number of carbonyl (C=O) groups excluding carboxylic acids is 1. The smallest absolute Gasteiger partial charge is 0.237 e. The predicted molar refractivity (Wildman–Crippen MR) is 83.5 cm³/mol. The Kier molecular flexibility index (Phi) is 4.95. The van der Waals surface area contributed by atoms with Crippen LogP contribution in [-0.4, -0.2) is 25.0 Å². The maximum Gasteiger partial charge on any atom is 0.237 e. The Bertz CT molecular complexity index is 476. The van der Waals surface area contributed by atoms with Gasteiger partial charge in [-0.2, -0.15) is 0 Å². The molecule has 1 heterocycles. The first kappa shape index (κ1) is 15.6. The molecule has 0 bridgehead atoms. The zero-order valence-electron chi connectivity index (χ0n) is 11.8. The highest BCUT2D eigenvalue weighted by atomic mass is 35.5. The summed E-state index contributed by atoms with van der Waals surface area (Å²) in [4.78, 5) is 12.1. The first-order valence-electron chi connectivity index (χ1n) is 6.87. The first-order chi connectivity index (χ1) is 9.42. The van der Waals surface area contributed by atoms with Crippen LogP contribution in [0.1, 0.15) is 32.3 Å². The average molecular weight is 315 g/mol. The second kappa shape index (κ2) is 6.33. The van der Waals surface area contributed by atoms with E-state index in [1.807, 2.05) is 32.0 Å². The fourth-order valence-electron chi connectivity index (χ4n) is 2.57. The molecule has 3 nitrogen and oxygen atoms in total. The van der Waals surface area contributed by atoms with Crippen LogP contribution in [0.25, 0.3) is 0 Å². The molecule has 20 heavy (non-hydrogen) atoms. The summed E-state index contributed by atoms with van der Waals surface area (Å²) in [6, 6.07) is 5.41. The summed E-state index contributed by atoms with van der Waals surface area (Å²) in [6.07, 6.45) is 1.96. The Morgan fingerprint density at radius 2 is 2.05 bits per heavy atom. The molecule has 110 valence electrons. The van der Waals surface area contributed by atoms with Gasteiger partial charge in [-0.1, -0.05) is 43.1 Å². The van der Waals surface area contributed by atoms with Crippen LogP contribution in [0.5, 0.6) is 0 Å². The molecule has 0 aromatic heterocycles. The van der Waals surface area contributed by atoms with Crippen molar-refractivity contribution >= 4 is 29.1 Å². The lowest BCUT2D eigenvalue weighted by atomic mass is 9.84. The van der Waals surface area contributed by atoms with E-state index in [2.05, 4.69) is 10.6 Å². The lowest BCUT2D eigenvalue weighted by molar-refractivity contribution is -0.123. The van der Waals surface area contributed by atoms with Crippen LogP contribution in [0.2, 0.25) is 10.0 Å². The van der Waals surface area contributed by atoms with E-state index in [0.717, 1.165) is 24.9 Å². The van der Waals surface area contributed by atoms with Crippen molar-refractivity contribution < 1.29 is 4.79 Å². The van der Waals surface area contributed by atoms with Crippen molar-refractivity contribution in [2.24, 2.45) is 0 Å². The molecule has 0 radical (unpaired) electrons. The molecule has 1 aliphatic heterocycles. The molecule has 5 heteroatoms. The molecule has 1 aliphatic rings. The summed E-state index contributed by atoms with van der Waals surface area (Å²) in [5.74, 6) is 0.0544. The molecule has 1 fully saturated rings. The third-order valence-electron chi connectivity index (χ3n) is 3.72. The molecule has 2 N–H and O–H groups in total. The van der Waals surface area contributed by atoms with Gasteiger partial charge in [0.2, 0.25) is 5.91 Å². The second-order valence-corrected chi connectivity index (χ2v) is 6.66. The number of benzene rings is 1. The molecule has 1 aromatic rings. The van der Waals surface area contributed by atoms with Crippen LogP contribution in [0.3, 0.4) is 0 Å².